The maximum Gasteiger partial charge on any atom is 0.214 e. The van der Waals surface area contributed by atoms with E-state index in [2.05, 4.69) is 4.98 Å². The summed E-state index contributed by atoms with van der Waals surface area (Å²) in [6.07, 6.45) is 4.49. The van der Waals surface area contributed by atoms with Crippen molar-refractivity contribution in [2.24, 2.45) is 0 Å². The number of aromatic nitrogens is 1. The second kappa shape index (κ2) is 4.57. The van der Waals surface area contributed by atoms with Crippen LogP contribution >= 0.6 is 0 Å². The normalized spacial score (nSPS) is 13.7. The summed E-state index contributed by atoms with van der Waals surface area (Å²) in [6.45, 7) is 0.526. The number of aromatic hydroxyl groups is 1. The molecule has 0 unspecified atom stereocenters. The van der Waals surface area contributed by atoms with E-state index >= 15 is 0 Å². The van der Waals surface area contributed by atoms with Gasteiger partial charge in [-0.15, -0.1) is 0 Å². The zero-order valence-corrected chi connectivity index (χ0v) is 10.2. The smallest absolute Gasteiger partial charge is 0.214 e. The van der Waals surface area contributed by atoms with E-state index in [9.17, 15) is 9.90 Å². The molecule has 4 nitrogen and oxygen atoms in total. The molecule has 3 rings (SSSR count). The largest absolute Gasteiger partial charge is 0.508 e. The van der Waals surface area contributed by atoms with E-state index in [1.54, 1.807) is 23.2 Å². The highest BCUT2D eigenvalue weighted by Gasteiger charge is 2.20. The van der Waals surface area contributed by atoms with Crippen molar-refractivity contribution in [2.75, 3.05) is 11.4 Å². The molecule has 4 heteroatoms. The second-order valence-corrected chi connectivity index (χ2v) is 4.29. The van der Waals surface area contributed by atoms with Crippen LogP contribution in [0.4, 0.5) is 5.69 Å². The molecule has 2 aromatic rings. The lowest BCUT2D eigenvalue weighted by Crippen LogP contribution is -2.25. The number of fused-ring (bicyclic) bond motifs is 1. The molecular weight excluding hydrogens is 240 g/mol. The average Bonchev–Trinajstić information content (AvgIpc) is 2.47. The van der Waals surface area contributed by atoms with Crippen LogP contribution < -0.4 is 4.90 Å². The van der Waals surface area contributed by atoms with Gasteiger partial charge in [-0.1, -0.05) is 18.2 Å². The van der Waals surface area contributed by atoms with Gasteiger partial charge in [-0.2, -0.15) is 0 Å². The number of amides is 1. The van der Waals surface area contributed by atoms with Gasteiger partial charge in [-0.05, 0) is 29.8 Å². The van der Waals surface area contributed by atoms with Crippen LogP contribution in [0.1, 0.15) is 11.3 Å². The third-order valence-electron chi connectivity index (χ3n) is 3.15. The Morgan fingerprint density at radius 1 is 1.21 bits per heavy atom. The molecule has 94 valence electrons. The second-order valence-electron chi connectivity index (χ2n) is 4.29. The first-order valence-corrected chi connectivity index (χ1v) is 5.96. The van der Waals surface area contributed by atoms with Crippen molar-refractivity contribution in [1.82, 2.24) is 4.98 Å². The molecule has 1 aromatic heterocycles. The topological polar surface area (TPSA) is 53.4 Å². The lowest BCUT2D eigenvalue weighted by atomic mass is 9.97. The predicted molar refractivity (Wildman–Crippen MR) is 72.8 cm³/mol. The molecule has 0 aliphatic carbocycles. The summed E-state index contributed by atoms with van der Waals surface area (Å²) in [5.41, 5.74) is 3.55. The van der Waals surface area contributed by atoms with Gasteiger partial charge in [-0.3, -0.25) is 9.78 Å². The van der Waals surface area contributed by atoms with Gasteiger partial charge in [0.05, 0.1) is 11.4 Å². The molecule has 1 N–H and O–H groups in total. The maximum atomic E-state index is 11.0. The fourth-order valence-electron chi connectivity index (χ4n) is 2.22. The van der Waals surface area contributed by atoms with Crippen molar-refractivity contribution in [2.45, 2.75) is 0 Å². The Hall–Kier alpha value is -2.62. The molecule has 0 saturated heterocycles. The third kappa shape index (κ3) is 1.97. The van der Waals surface area contributed by atoms with Crippen LogP contribution in [0.15, 0.2) is 48.7 Å². The number of hydrogen-bond acceptors (Lipinski definition) is 3. The highest BCUT2D eigenvalue weighted by molar-refractivity contribution is 5.92. The Kier molecular flexibility index (Phi) is 2.76. The van der Waals surface area contributed by atoms with E-state index in [0.717, 1.165) is 28.9 Å². The number of carbonyl (C=O) groups excluding carboxylic acids is 1. The van der Waals surface area contributed by atoms with E-state index in [-0.39, 0.29) is 5.75 Å². The molecule has 0 atom stereocenters. The summed E-state index contributed by atoms with van der Waals surface area (Å²) in [4.78, 5) is 17.0. The lowest BCUT2D eigenvalue weighted by Gasteiger charge is -2.25. The molecule has 0 bridgehead atoms. The number of nitrogens with zero attached hydrogens (tertiary/aromatic N) is 2. The van der Waals surface area contributed by atoms with Crippen LogP contribution in [-0.2, 0) is 4.79 Å². The maximum absolute atomic E-state index is 11.0. The summed E-state index contributed by atoms with van der Waals surface area (Å²) in [5.74, 6) is 0.232. The van der Waals surface area contributed by atoms with Gasteiger partial charge < -0.3 is 10.0 Å². The quantitative estimate of drug-likeness (QED) is 0.833. The Balaban J connectivity index is 2.11. The Bertz CT molecular complexity index is 647. The van der Waals surface area contributed by atoms with Crippen molar-refractivity contribution in [3.05, 3.63) is 59.9 Å². The highest BCUT2D eigenvalue weighted by atomic mass is 16.3. The molecule has 0 saturated carbocycles. The van der Waals surface area contributed by atoms with Gasteiger partial charge in [0.15, 0.2) is 0 Å². The molecule has 1 aromatic carbocycles. The number of phenolic OH excluding ortho intramolecular Hbond substituents is 1. The van der Waals surface area contributed by atoms with Crippen LogP contribution in [0.2, 0.25) is 0 Å². The molecule has 1 aliphatic rings. The molecule has 0 spiro atoms. The van der Waals surface area contributed by atoms with E-state index < -0.39 is 0 Å². The van der Waals surface area contributed by atoms with Crippen LogP contribution in [-0.4, -0.2) is 23.0 Å². The lowest BCUT2D eigenvalue weighted by molar-refractivity contribution is -0.107. The SMILES string of the molecule is O=CN1CC=C(c2ccc(O)cc2)c2ncccc21. The molecule has 19 heavy (non-hydrogen) atoms. The summed E-state index contributed by atoms with van der Waals surface area (Å²) in [5, 5.41) is 9.34. The van der Waals surface area contributed by atoms with Crippen molar-refractivity contribution >= 4 is 17.7 Å². The number of anilines is 1. The number of phenols is 1. The molecule has 1 aliphatic heterocycles. The van der Waals surface area contributed by atoms with E-state index in [1.807, 2.05) is 30.3 Å². The fraction of sp³-hybridized carbons (Fsp3) is 0.0667. The molecule has 1 amide bonds. The molecular formula is C15H12N2O2. The highest BCUT2D eigenvalue weighted by Crippen LogP contribution is 2.33. The zero-order valence-electron chi connectivity index (χ0n) is 10.2. The Morgan fingerprint density at radius 2 is 2.00 bits per heavy atom. The van der Waals surface area contributed by atoms with Crippen LogP contribution in [0.3, 0.4) is 0 Å². The van der Waals surface area contributed by atoms with E-state index in [0.29, 0.717) is 6.54 Å². The Labute approximate surface area is 110 Å². The van der Waals surface area contributed by atoms with Gasteiger partial charge in [-0.25, -0.2) is 0 Å². The van der Waals surface area contributed by atoms with Gasteiger partial charge in [0.25, 0.3) is 0 Å². The average molecular weight is 252 g/mol. The van der Waals surface area contributed by atoms with Gasteiger partial charge >= 0.3 is 0 Å². The molecule has 2 heterocycles. The zero-order chi connectivity index (χ0) is 13.2. The first-order chi connectivity index (χ1) is 9.29. The number of carbonyl (C=O) groups is 1. The minimum atomic E-state index is 0.232. The van der Waals surface area contributed by atoms with Crippen molar-refractivity contribution in [3.8, 4) is 5.75 Å². The Morgan fingerprint density at radius 3 is 2.74 bits per heavy atom. The van der Waals surface area contributed by atoms with Crippen molar-refractivity contribution < 1.29 is 9.90 Å². The van der Waals surface area contributed by atoms with Gasteiger partial charge in [0.2, 0.25) is 6.41 Å². The van der Waals surface area contributed by atoms with E-state index in [4.69, 9.17) is 0 Å². The van der Waals surface area contributed by atoms with Crippen LogP contribution in [0.25, 0.3) is 5.57 Å². The van der Waals surface area contributed by atoms with Crippen molar-refractivity contribution in [3.63, 3.8) is 0 Å². The monoisotopic (exact) mass is 252 g/mol. The third-order valence-corrected chi connectivity index (χ3v) is 3.15. The molecule has 0 fully saturated rings. The standard InChI is InChI=1S/C15H12N2O2/c18-10-17-9-7-13(11-3-5-12(19)6-4-11)15-14(17)2-1-8-16-15/h1-8,10,19H,9H2. The van der Waals surface area contributed by atoms with Crippen LogP contribution in [0, 0.1) is 0 Å². The van der Waals surface area contributed by atoms with Crippen molar-refractivity contribution in [1.29, 1.82) is 0 Å². The van der Waals surface area contributed by atoms with Crippen LogP contribution in [0.5, 0.6) is 5.75 Å². The first kappa shape index (κ1) is 11.5. The summed E-state index contributed by atoms with van der Waals surface area (Å²) in [7, 11) is 0. The predicted octanol–water partition coefficient (Wildman–Crippen LogP) is 2.20. The number of rotatable bonds is 2. The van der Waals surface area contributed by atoms with Gasteiger partial charge in [0.1, 0.15) is 5.75 Å². The minimum Gasteiger partial charge on any atom is -0.508 e. The number of pyridine rings is 1. The first-order valence-electron chi connectivity index (χ1n) is 5.96. The fourth-order valence-corrected chi connectivity index (χ4v) is 2.22. The number of hydrogen-bond donors (Lipinski definition) is 1. The summed E-state index contributed by atoms with van der Waals surface area (Å²) >= 11 is 0. The summed E-state index contributed by atoms with van der Waals surface area (Å²) in [6, 6.07) is 10.7. The summed E-state index contributed by atoms with van der Waals surface area (Å²) < 4.78 is 0. The number of benzene rings is 1. The molecule has 0 radical (unpaired) electrons. The van der Waals surface area contributed by atoms with Gasteiger partial charge in [0, 0.05) is 18.3 Å². The minimum absolute atomic E-state index is 0.232. The van der Waals surface area contributed by atoms with E-state index in [1.165, 1.54) is 0 Å².